The molecule has 3 unspecified atom stereocenters. The van der Waals surface area contributed by atoms with E-state index in [-0.39, 0.29) is 23.9 Å². The van der Waals surface area contributed by atoms with Crippen LogP contribution in [0.3, 0.4) is 0 Å². The average Bonchev–Trinajstić information content (AvgIpc) is 2.92. The highest BCUT2D eigenvalue weighted by Crippen LogP contribution is 2.38. The third kappa shape index (κ3) is 2.06. The number of anilines is 3. The molecule has 0 bridgehead atoms. The predicted octanol–water partition coefficient (Wildman–Crippen LogP) is -0.630. The summed E-state index contributed by atoms with van der Waals surface area (Å²) in [6, 6.07) is 0. The van der Waals surface area contributed by atoms with E-state index in [1.165, 1.54) is 0 Å². The van der Waals surface area contributed by atoms with Crippen molar-refractivity contribution in [1.29, 1.82) is 0 Å². The molecule has 2 aliphatic heterocycles. The Hall–Kier alpha value is -1.35. The molecule has 0 radical (unpaired) electrons. The van der Waals surface area contributed by atoms with Gasteiger partial charge in [0.25, 0.3) is 0 Å². The topological polar surface area (TPSA) is 117 Å². The number of nitrogens with two attached hydrogens (primary N) is 1. The van der Waals surface area contributed by atoms with Crippen LogP contribution in [-0.4, -0.2) is 51.9 Å². The number of hydrogen-bond acceptors (Lipinski definition) is 8. The molecule has 2 aliphatic rings. The number of nitrogen functional groups attached to an aromatic ring is 1. The van der Waals surface area contributed by atoms with E-state index >= 15 is 0 Å². The number of nitrogens with one attached hydrogen (secondary N) is 1. The van der Waals surface area contributed by atoms with E-state index in [2.05, 4.69) is 15.3 Å². The first-order valence-corrected chi connectivity index (χ1v) is 6.26. The molecule has 19 heavy (non-hydrogen) atoms. The Morgan fingerprint density at radius 1 is 1.53 bits per heavy atom. The van der Waals surface area contributed by atoms with Gasteiger partial charge in [0.2, 0.25) is 5.28 Å². The van der Waals surface area contributed by atoms with Gasteiger partial charge in [-0.1, -0.05) is 0 Å². The summed E-state index contributed by atoms with van der Waals surface area (Å²) in [5.41, 5.74) is 6.37. The van der Waals surface area contributed by atoms with Crippen molar-refractivity contribution in [2.75, 3.05) is 29.2 Å². The number of nitrogens with zero attached hydrogens (tertiary/aromatic N) is 3. The highest BCUT2D eigenvalue weighted by atomic mass is 35.5. The monoisotopic (exact) mass is 287 g/mol. The van der Waals surface area contributed by atoms with Crippen LogP contribution in [0.15, 0.2) is 0 Å². The van der Waals surface area contributed by atoms with Crippen LogP contribution in [-0.2, 0) is 4.74 Å². The van der Waals surface area contributed by atoms with Gasteiger partial charge in [-0.15, -0.1) is 0 Å². The van der Waals surface area contributed by atoms with Gasteiger partial charge in [0, 0.05) is 6.42 Å². The van der Waals surface area contributed by atoms with Crippen molar-refractivity contribution in [3.8, 4) is 0 Å². The molecule has 0 aromatic carbocycles. The van der Waals surface area contributed by atoms with Gasteiger partial charge in [0.1, 0.15) is 18.0 Å². The van der Waals surface area contributed by atoms with Gasteiger partial charge in [-0.2, -0.15) is 9.97 Å². The summed E-state index contributed by atoms with van der Waals surface area (Å²) in [7, 11) is 0. The molecule has 5 N–H and O–H groups in total. The zero-order valence-corrected chi connectivity index (χ0v) is 10.7. The molecule has 104 valence electrons. The lowest BCUT2D eigenvalue weighted by atomic mass is 10.2. The lowest BCUT2D eigenvalue weighted by molar-refractivity contribution is -0.0218. The number of aromatic nitrogens is 2. The molecule has 0 saturated carbocycles. The number of halogens is 1. The molecule has 1 aromatic heterocycles. The molecular weight excluding hydrogens is 274 g/mol. The second-order valence-corrected chi connectivity index (χ2v) is 4.83. The first kappa shape index (κ1) is 12.7. The smallest absolute Gasteiger partial charge is 0.226 e. The minimum Gasteiger partial charge on any atom is -0.394 e. The molecule has 8 nitrogen and oxygen atoms in total. The molecule has 1 saturated heterocycles. The number of fused-ring (bicyclic) bond motifs is 1. The third-order valence-corrected chi connectivity index (χ3v) is 3.49. The van der Waals surface area contributed by atoms with Crippen molar-refractivity contribution in [3.05, 3.63) is 5.28 Å². The summed E-state index contributed by atoms with van der Waals surface area (Å²) in [5, 5.41) is 22.0. The highest BCUT2D eigenvalue weighted by Gasteiger charge is 2.40. The van der Waals surface area contributed by atoms with Crippen molar-refractivity contribution >= 4 is 28.9 Å². The SMILES string of the molecule is Nc1nc(Cl)nc2c1NCN2C1CC(O)C(CO)O1. The first-order valence-electron chi connectivity index (χ1n) is 5.88. The van der Waals surface area contributed by atoms with Gasteiger partial charge in [0.15, 0.2) is 11.6 Å². The maximum Gasteiger partial charge on any atom is 0.226 e. The summed E-state index contributed by atoms with van der Waals surface area (Å²) < 4.78 is 5.58. The second kappa shape index (κ2) is 4.64. The maximum absolute atomic E-state index is 9.76. The van der Waals surface area contributed by atoms with Crippen LogP contribution >= 0.6 is 11.6 Å². The Labute approximate surface area is 114 Å². The van der Waals surface area contributed by atoms with Crippen LogP contribution in [0.25, 0.3) is 0 Å². The van der Waals surface area contributed by atoms with E-state index in [1.807, 2.05) is 0 Å². The molecule has 1 aromatic rings. The van der Waals surface area contributed by atoms with Gasteiger partial charge in [-0.25, -0.2) is 0 Å². The summed E-state index contributed by atoms with van der Waals surface area (Å²) >= 11 is 5.80. The van der Waals surface area contributed by atoms with E-state index in [4.69, 9.17) is 27.2 Å². The first-order chi connectivity index (χ1) is 9.10. The van der Waals surface area contributed by atoms with E-state index in [0.29, 0.717) is 24.6 Å². The highest BCUT2D eigenvalue weighted by molar-refractivity contribution is 6.28. The van der Waals surface area contributed by atoms with Crippen molar-refractivity contribution < 1.29 is 14.9 Å². The van der Waals surface area contributed by atoms with E-state index in [1.54, 1.807) is 4.90 Å². The van der Waals surface area contributed by atoms with Crippen molar-refractivity contribution in [2.24, 2.45) is 0 Å². The Balaban J connectivity index is 1.87. The van der Waals surface area contributed by atoms with Crippen molar-refractivity contribution in [2.45, 2.75) is 24.9 Å². The summed E-state index contributed by atoms with van der Waals surface area (Å²) in [5.74, 6) is 0.822. The standard InChI is InChI=1S/C10H14ClN5O3/c11-10-14-8(12)7-9(15-10)16(3-13-7)6-1-4(18)5(2-17)19-6/h4-6,13,17-18H,1-3H2,(H2,12,14,15). The third-order valence-electron chi connectivity index (χ3n) is 3.32. The van der Waals surface area contributed by atoms with Gasteiger partial charge >= 0.3 is 0 Å². The fourth-order valence-corrected chi connectivity index (χ4v) is 2.54. The van der Waals surface area contributed by atoms with E-state index < -0.39 is 12.2 Å². The molecular formula is C10H14ClN5O3. The van der Waals surface area contributed by atoms with Crippen molar-refractivity contribution in [1.82, 2.24) is 9.97 Å². The minimum atomic E-state index is -0.700. The molecule has 0 amide bonds. The quantitative estimate of drug-likeness (QED) is 0.531. The van der Waals surface area contributed by atoms with E-state index in [0.717, 1.165) is 0 Å². The molecule has 1 fully saturated rings. The molecule has 9 heteroatoms. The Kier molecular flexibility index (Phi) is 3.09. The average molecular weight is 288 g/mol. The number of rotatable bonds is 2. The molecule has 3 rings (SSSR count). The normalized spacial score (nSPS) is 29.4. The van der Waals surface area contributed by atoms with Crippen LogP contribution in [0.1, 0.15) is 6.42 Å². The summed E-state index contributed by atoms with van der Waals surface area (Å²) in [6.45, 7) is 0.211. The lowest BCUT2D eigenvalue weighted by Gasteiger charge is -2.24. The summed E-state index contributed by atoms with van der Waals surface area (Å²) in [4.78, 5) is 9.80. The van der Waals surface area contributed by atoms with Gasteiger partial charge in [-0.05, 0) is 11.6 Å². The van der Waals surface area contributed by atoms with Gasteiger partial charge in [-0.3, -0.25) is 0 Å². The molecule has 0 aliphatic carbocycles. The number of ether oxygens (including phenoxy) is 1. The number of aliphatic hydroxyl groups is 2. The predicted molar refractivity (Wildman–Crippen MR) is 68.8 cm³/mol. The number of aliphatic hydroxyl groups excluding tert-OH is 2. The fourth-order valence-electron chi connectivity index (χ4n) is 2.36. The van der Waals surface area contributed by atoms with Crippen LogP contribution < -0.4 is 16.0 Å². The zero-order valence-electron chi connectivity index (χ0n) is 9.95. The van der Waals surface area contributed by atoms with Crippen LogP contribution in [0, 0.1) is 0 Å². The van der Waals surface area contributed by atoms with Crippen LogP contribution in [0.4, 0.5) is 17.3 Å². The fraction of sp³-hybridized carbons (Fsp3) is 0.600. The van der Waals surface area contributed by atoms with Crippen LogP contribution in [0.2, 0.25) is 5.28 Å². The Morgan fingerprint density at radius 2 is 2.32 bits per heavy atom. The Morgan fingerprint density at radius 3 is 3.00 bits per heavy atom. The number of hydrogen-bond donors (Lipinski definition) is 4. The molecule has 3 heterocycles. The largest absolute Gasteiger partial charge is 0.394 e. The molecule has 3 atom stereocenters. The second-order valence-electron chi connectivity index (χ2n) is 4.50. The maximum atomic E-state index is 9.76. The summed E-state index contributed by atoms with van der Waals surface area (Å²) in [6.07, 6.45) is -1.28. The zero-order chi connectivity index (χ0) is 13.6. The van der Waals surface area contributed by atoms with E-state index in [9.17, 15) is 5.11 Å². The van der Waals surface area contributed by atoms with Gasteiger partial charge in [0.05, 0.1) is 19.4 Å². The van der Waals surface area contributed by atoms with Gasteiger partial charge < -0.3 is 30.9 Å². The Bertz CT molecular complexity index is 502. The molecule has 0 spiro atoms. The van der Waals surface area contributed by atoms with Crippen molar-refractivity contribution in [3.63, 3.8) is 0 Å². The minimum absolute atomic E-state index is 0.0576. The lowest BCUT2D eigenvalue weighted by Crippen LogP contribution is -2.35. The van der Waals surface area contributed by atoms with Crippen LogP contribution in [0.5, 0.6) is 0 Å².